The zero-order valence-electron chi connectivity index (χ0n) is 19.6. The van der Waals surface area contributed by atoms with Crippen LogP contribution in [-0.4, -0.2) is 53.0 Å². The van der Waals surface area contributed by atoms with Gasteiger partial charge in [-0.25, -0.2) is 14.6 Å². The van der Waals surface area contributed by atoms with E-state index < -0.39 is 0 Å². The Morgan fingerprint density at radius 3 is 2.71 bits per heavy atom. The number of rotatable bonds is 6. The monoisotopic (exact) mass is 473 g/mol. The number of benzene rings is 2. The molecule has 0 bridgehead atoms. The molecule has 0 unspecified atom stereocenters. The topological polar surface area (TPSA) is 129 Å². The van der Waals surface area contributed by atoms with E-state index in [4.69, 9.17) is 20.3 Å². The van der Waals surface area contributed by atoms with Crippen LogP contribution < -0.4 is 25.8 Å². The minimum atomic E-state index is -0.270. The minimum Gasteiger partial charge on any atom is -0.497 e. The molecule has 2 aromatic heterocycles. The third-order valence-electron chi connectivity index (χ3n) is 6.23. The van der Waals surface area contributed by atoms with Gasteiger partial charge in [-0.05, 0) is 56.3 Å². The van der Waals surface area contributed by atoms with Crippen molar-refractivity contribution in [3.05, 3.63) is 54.4 Å². The van der Waals surface area contributed by atoms with Gasteiger partial charge in [0.2, 0.25) is 0 Å². The van der Waals surface area contributed by atoms with E-state index in [1.807, 2.05) is 16.8 Å². The van der Waals surface area contributed by atoms with E-state index in [1.165, 1.54) is 6.33 Å². The Balaban J connectivity index is 1.51. The lowest BCUT2D eigenvalue weighted by Gasteiger charge is -2.23. The third-order valence-corrected chi connectivity index (χ3v) is 6.23. The number of ether oxygens (including phenoxy) is 2. The number of methoxy groups -OCH3 is 2. The number of anilines is 2. The normalized spacial score (nSPS) is 14.1. The quantitative estimate of drug-likeness (QED) is 0.389. The molecule has 0 saturated carbocycles. The number of hydrogen-bond acceptors (Lipinski definition) is 8. The van der Waals surface area contributed by atoms with Crippen LogP contribution in [0.1, 0.15) is 29.2 Å². The van der Waals surface area contributed by atoms with Crippen LogP contribution >= 0.6 is 0 Å². The molecule has 1 saturated heterocycles. The summed E-state index contributed by atoms with van der Waals surface area (Å²) in [5.74, 6) is 1.21. The van der Waals surface area contributed by atoms with Crippen molar-refractivity contribution >= 4 is 28.4 Å². The Morgan fingerprint density at radius 1 is 1.11 bits per heavy atom. The van der Waals surface area contributed by atoms with Gasteiger partial charge in [0.1, 0.15) is 29.3 Å². The molecule has 1 aliphatic rings. The van der Waals surface area contributed by atoms with Crippen LogP contribution in [0.15, 0.2) is 48.8 Å². The molecular formula is C25H27N7O3. The molecule has 0 aliphatic carbocycles. The van der Waals surface area contributed by atoms with Crippen molar-refractivity contribution in [2.75, 3.05) is 38.4 Å². The van der Waals surface area contributed by atoms with Crippen LogP contribution in [0.4, 0.5) is 11.5 Å². The largest absolute Gasteiger partial charge is 0.497 e. The second-order valence-electron chi connectivity index (χ2n) is 8.33. The summed E-state index contributed by atoms with van der Waals surface area (Å²) in [6.45, 7) is 1.86. The average molecular weight is 474 g/mol. The number of fused-ring (bicyclic) bond motifs is 1. The molecule has 1 fully saturated rings. The number of nitrogens with one attached hydrogen (secondary N) is 2. The van der Waals surface area contributed by atoms with Crippen LogP contribution in [0, 0.1) is 0 Å². The molecule has 1 aliphatic heterocycles. The number of aromatic nitrogens is 4. The van der Waals surface area contributed by atoms with Gasteiger partial charge in [-0.2, -0.15) is 5.10 Å². The second kappa shape index (κ2) is 9.59. The minimum absolute atomic E-state index is 0.227. The molecule has 2 aromatic carbocycles. The number of carbonyl (C=O) groups is 1. The van der Waals surface area contributed by atoms with E-state index in [-0.39, 0.29) is 11.9 Å². The van der Waals surface area contributed by atoms with E-state index in [0.29, 0.717) is 45.3 Å². The van der Waals surface area contributed by atoms with Gasteiger partial charge >= 0.3 is 0 Å². The Kier molecular flexibility index (Phi) is 6.19. The van der Waals surface area contributed by atoms with Crippen molar-refractivity contribution in [2.24, 2.45) is 0 Å². The maximum absolute atomic E-state index is 12.8. The molecule has 10 heteroatoms. The van der Waals surface area contributed by atoms with Crippen LogP contribution in [0.3, 0.4) is 0 Å². The number of piperidine rings is 1. The maximum atomic E-state index is 12.8. The van der Waals surface area contributed by atoms with Crippen LogP contribution in [0.5, 0.6) is 11.5 Å². The summed E-state index contributed by atoms with van der Waals surface area (Å²) in [6, 6.07) is 12.7. The summed E-state index contributed by atoms with van der Waals surface area (Å²) in [7, 11) is 3.12. The molecule has 0 radical (unpaired) electrons. The molecule has 5 rings (SSSR count). The van der Waals surface area contributed by atoms with Crippen LogP contribution in [-0.2, 0) is 0 Å². The summed E-state index contributed by atoms with van der Waals surface area (Å²) in [4.78, 5) is 21.5. The lowest BCUT2D eigenvalue weighted by molar-refractivity contribution is 0.102. The van der Waals surface area contributed by atoms with Gasteiger partial charge < -0.3 is 25.8 Å². The first-order chi connectivity index (χ1) is 17.1. The van der Waals surface area contributed by atoms with Crippen molar-refractivity contribution < 1.29 is 14.3 Å². The summed E-state index contributed by atoms with van der Waals surface area (Å²) in [5, 5.41) is 11.9. The number of nitrogen functional groups attached to an aromatic ring is 1. The van der Waals surface area contributed by atoms with Crippen LogP contribution in [0.2, 0.25) is 0 Å². The Bertz CT molecular complexity index is 1380. The van der Waals surface area contributed by atoms with E-state index in [1.54, 1.807) is 44.6 Å². The first kappa shape index (κ1) is 22.6. The molecule has 4 aromatic rings. The molecule has 0 atom stereocenters. The van der Waals surface area contributed by atoms with E-state index in [0.717, 1.165) is 31.5 Å². The number of nitrogens with two attached hydrogens (primary N) is 1. The van der Waals surface area contributed by atoms with E-state index >= 15 is 0 Å². The summed E-state index contributed by atoms with van der Waals surface area (Å²) in [6.07, 6.45) is 3.38. The van der Waals surface area contributed by atoms with Crippen molar-refractivity contribution in [3.63, 3.8) is 0 Å². The number of hydrogen-bond donors (Lipinski definition) is 3. The third kappa shape index (κ3) is 4.35. The van der Waals surface area contributed by atoms with Gasteiger partial charge in [0.15, 0.2) is 5.65 Å². The predicted molar refractivity (Wildman–Crippen MR) is 134 cm³/mol. The Labute approximate surface area is 202 Å². The van der Waals surface area contributed by atoms with Gasteiger partial charge in [-0.15, -0.1) is 0 Å². The van der Waals surface area contributed by atoms with Gasteiger partial charge in [0.25, 0.3) is 5.91 Å². The summed E-state index contributed by atoms with van der Waals surface area (Å²) < 4.78 is 12.8. The average Bonchev–Trinajstić information content (AvgIpc) is 3.30. The van der Waals surface area contributed by atoms with Gasteiger partial charge in [0.05, 0.1) is 31.3 Å². The molecule has 10 nitrogen and oxygen atoms in total. The van der Waals surface area contributed by atoms with Gasteiger partial charge in [-0.3, -0.25) is 4.79 Å². The fraction of sp³-hybridized carbons (Fsp3) is 0.280. The highest BCUT2D eigenvalue weighted by molar-refractivity contribution is 6.05. The van der Waals surface area contributed by atoms with Crippen molar-refractivity contribution in [1.82, 2.24) is 25.1 Å². The van der Waals surface area contributed by atoms with Crippen molar-refractivity contribution in [3.8, 4) is 22.8 Å². The van der Waals surface area contributed by atoms with E-state index in [2.05, 4.69) is 20.6 Å². The highest BCUT2D eigenvalue weighted by Gasteiger charge is 2.24. The molecule has 180 valence electrons. The molecule has 3 heterocycles. The SMILES string of the molecule is COc1cccc(C(=O)Nc2ccc(-c3nn(C4CCNCC4)c4ncnc(N)c34)cc2OC)c1. The lowest BCUT2D eigenvalue weighted by atomic mass is 10.1. The number of amides is 1. The molecule has 0 spiro atoms. The Hall–Kier alpha value is -4.18. The standard InChI is InChI=1S/C25H27N7O3/c1-34-18-5-3-4-16(12-18)25(33)30-19-7-6-15(13-20(19)35-2)22-21-23(26)28-14-29-24(21)32(31-22)17-8-10-27-11-9-17/h3-7,12-14,17,27H,8-11H2,1-2H3,(H,30,33)(H2,26,28,29). The second-order valence-corrected chi connectivity index (χ2v) is 8.33. The first-order valence-corrected chi connectivity index (χ1v) is 11.4. The zero-order valence-corrected chi connectivity index (χ0v) is 19.6. The molecule has 1 amide bonds. The summed E-state index contributed by atoms with van der Waals surface area (Å²) >= 11 is 0. The van der Waals surface area contributed by atoms with Gasteiger partial charge in [-0.1, -0.05) is 12.1 Å². The highest BCUT2D eigenvalue weighted by atomic mass is 16.5. The number of nitrogens with zero attached hydrogens (tertiary/aromatic N) is 4. The molecule has 4 N–H and O–H groups in total. The highest BCUT2D eigenvalue weighted by Crippen LogP contribution is 2.37. The number of carbonyl (C=O) groups excluding carboxylic acids is 1. The fourth-order valence-corrected chi connectivity index (χ4v) is 4.40. The van der Waals surface area contributed by atoms with Gasteiger partial charge in [0, 0.05) is 11.1 Å². The smallest absolute Gasteiger partial charge is 0.255 e. The molecule has 35 heavy (non-hydrogen) atoms. The molecular weight excluding hydrogens is 446 g/mol. The van der Waals surface area contributed by atoms with Crippen LogP contribution in [0.25, 0.3) is 22.3 Å². The van der Waals surface area contributed by atoms with Crippen molar-refractivity contribution in [1.29, 1.82) is 0 Å². The summed E-state index contributed by atoms with van der Waals surface area (Å²) in [5.41, 5.74) is 9.48. The Morgan fingerprint density at radius 2 is 1.94 bits per heavy atom. The first-order valence-electron chi connectivity index (χ1n) is 11.4. The fourth-order valence-electron chi connectivity index (χ4n) is 4.40. The predicted octanol–water partition coefficient (Wildman–Crippen LogP) is 3.27. The maximum Gasteiger partial charge on any atom is 0.255 e. The zero-order chi connectivity index (χ0) is 24.4. The van der Waals surface area contributed by atoms with Crippen molar-refractivity contribution in [2.45, 2.75) is 18.9 Å². The van der Waals surface area contributed by atoms with E-state index in [9.17, 15) is 4.79 Å². The lowest BCUT2D eigenvalue weighted by Crippen LogP contribution is -2.30.